The third kappa shape index (κ3) is 13.1. The smallest absolute Gasteiger partial charge is 0.305 e. The minimum Gasteiger partial charge on any atom is -0.493 e. The molecule has 0 saturated carbocycles. The Morgan fingerprint density at radius 1 is 0.548 bits per heavy atom. The molecule has 0 amide bonds. The molecule has 0 saturated heterocycles. The molecule has 2 aromatic carbocycles. The summed E-state index contributed by atoms with van der Waals surface area (Å²) in [6, 6.07) is 9.79. The Bertz CT molecular complexity index is 1040. The number of carbonyl (C=O) groups is 1. The number of rotatable bonds is 23. The van der Waals surface area contributed by atoms with Gasteiger partial charge in [0.05, 0.1) is 42.2 Å². The third-order valence-corrected chi connectivity index (χ3v) is 7.35. The molecule has 2 rings (SSSR count). The normalized spacial score (nSPS) is 11.0. The maximum Gasteiger partial charge on any atom is 0.305 e. The Balaban J connectivity index is 1.64. The first-order valence-electron chi connectivity index (χ1n) is 15.4. The second-order valence-electron chi connectivity index (χ2n) is 10.5. The number of hydrogen-bond acceptors (Lipinski definition) is 7. The fraction of sp³-hybridized carbons (Fsp3) is 0.571. The lowest BCUT2D eigenvalue weighted by molar-refractivity contribution is -0.140. The van der Waals surface area contributed by atoms with E-state index < -0.39 is 0 Å². The van der Waals surface area contributed by atoms with Crippen molar-refractivity contribution in [1.82, 2.24) is 0 Å². The first-order chi connectivity index (χ1) is 20.6. The number of hydrogen-bond donors (Lipinski definition) is 0. The van der Waals surface area contributed by atoms with Crippen molar-refractivity contribution in [2.75, 3.05) is 42.2 Å². The van der Waals surface area contributed by atoms with Gasteiger partial charge >= 0.3 is 5.97 Å². The SMILES string of the molecule is COC(=O)CCCCCCCCCCCCCCCOc1cc(/C=C\c2cc(OC)c(OC)c(OC)c2)ccc1OC. The van der Waals surface area contributed by atoms with Crippen LogP contribution in [0, 0.1) is 0 Å². The van der Waals surface area contributed by atoms with Gasteiger partial charge in [0.2, 0.25) is 5.75 Å². The summed E-state index contributed by atoms with van der Waals surface area (Å²) in [5.74, 6) is 3.21. The molecule has 234 valence electrons. The summed E-state index contributed by atoms with van der Waals surface area (Å²) in [6.45, 7) is 0.677. The van der Waals surface area contributed by atoms with Crippen LogP contribution in [0.3, 0.4) is 0 Å². The van der Waals surface area contributed by atoms with Gasteiger partial charge in [0.15, 0.2) is 23.0 Å². The summed E-state index contributed by atoms with van der Waals surface area (Å²) in [5.41, 5.74) is 1.95. The molecular weight excluding hydrogens is 532 g/mol. The van der Waals surface area contributed by atoms with E-state index >= 15 is 0 Å². The van der Waals surface area contributed by atoms with Gasteiger partial charge in [0.25, 0.3) is 0 Å². The maximum atomic E-state index is 11.1. The van der Waals surface area contributed by atoms with E-state index in [9.17, 15) is 4.79 Å². The van der Waals surface area contributed by atoms with Crippen molar-refractivity contribution in [1.29, 1.82) is 0 Å². The minimum atomic E-state index is -0.0907. The average Bonchev–Trinajstić information content (AvgIpc) is 3.02. The molecule has 7 heteroatoms. The van der Waals surface area contributed by atoms with Gasteiger partial charge in [0.1, 0.15) is 0 Å². The topological polar surface area (TPSA) is 72.5 Å². The van der Waals surface area contributed by atoms with Gasteiger partial charge in [-0.25, -0.2) is 0 Å². The Kier molecular flexibility index (Phi) is 17.7. The molecule has 0 N–H and O–H groups in total. The van der Waals surface area contributed by atoms with Crippen LogP contribution in [0.5, 0.6) is 28.7 Å². The molecule has 7 nitrogen and oxygen atoms in total. The molecule has 0 bridgehead atoms. The van der Waals surface area contributed by atoms with E-state index in [1.807, 2.05) is 42.5 Å². The largest absolute Gasteiger partial charge is 0.493 e. The van der Waals surface area contributed by atoms with Crippen LogP contribution in [0.2, 0.25) is 0 Å². The van der Waals surface area contributed by atoms with Crippen molar-refractivity contribution in [2.24, 2.45) is 0 Å². The van der Waals surface area contributed by atoms with Crippen LogP contribution >= 0.6 is 0 Å². The molecule has 2 aromatic rings. The Labute approximate surface area is 253 Å². The number of unbranched alkanes of at least 4 members (excludes halogenated alkanes) is 12. The van der Waals surface area contributed by atoms with Crippen LogP contribution in [0.15, 0.2) is 30.3 Å². The van der Waals surface area contributed by atoms with Crippen LogP contribution in [0.1, 0.15) is 101 Å². The maximum absolute atomic E-state index is 11.1. The van der Waals surface area contributed by atoms with E-state index in [4.69, 9.17) is 23.7 Å². The van der Waals surface area contributed by atoms with E-state index in [0.717, 1.165) is 41.9 Å². The highest BCUT2D eigenvalue weighted by Gasteiger charge is 2.12. The quantitative estimate of drug-likeness (QED) is 0.0733. The van der Waals surface area contributed by atoms with E-state index in [1.165, 1.54) is 71.3 Å². The molecule has 0 aliphatic carbocycles. The van der Waals surface area contributed by atoms with E-state index in [1.54, 1.807) is 28.4 Å². The monoisotopic (exact) mass is 584 g/mol. The molecule has 0 atom stereocenters. The van der Waals surface area contributed by atoms with Gasteiger partial charge in [-0.1, -0.05) is 88.8 Å². The molecule has 0 aliphatic heterocycles. The van der Waals surface area contributed by atoms with Gasteiger partial charge in [-0.2, -0.15) is 0 Å². The van der Waals surface area contributed by atoms with Crippen LogP contribution in [-0.4, -0.2) is 48.1 Å². The zero-order valence-corrected chi connectivity index (χ0v) is 26.5. The Hall–Kier alpha value is -3.35. The van der Waals surface area contributed by atoms with E-state index in [-0.39, 0.29) is 5.97 Å². The fourth-order valence-corrected chi connectivity index (χ4v) is 4.90. The zero-order chi connectivity index (χ0) is 30.4. The highest BCUT2D eigenvalue weighted by molar-refractivity contribution is 5.73. The summed E-state index contributed by atoms with van der Waals surface area (Å²) in [7, 11) is 7.95. The van der Waals surface area contributed by atoms with Crippen LogP contribution < -0.4 is 23.7 Å². The lowest BCUT2D eigenvalue weighted by Gasteiger charge is -2.13. The van der Waals surface area contributed by atoms with Gasteiger partial charge < -0.3 is 28.4 Å². The predicted molar refractivity (Wildman–Crippen MR) is 170 cm³/mol. The average molecular weight is 585 g/mol. The molecule has 0 radical (unpaired) electrons. The fourth-order valence-electron chi connectivity index (χ4n) is 4.90. The lowest BCUT2D eigenvalue weighted by Crippen LogP contribution is -1.99. The number of ether oxygens (including phenoxy) is 6. The van der Waals surface area contributed by atoms with Crippen molar-refractivity contribution in [3.8, 4) is 28.7 Å². The summed E-state index contributed by atoms with van der Waals surface area (Å²) in [6.07, 6.45) is 20.5. The summed E-state index contributed by atoms with van der Waals surface area (Å²) in [4.78, 5) is 11.1. The lowest BCUT2D eigenvalue weighted by atomic mass is 10.0. The van der Waals surface area contributed by atoms with Crippen LogP contribution in [0.4, 0.5) is 0 Å². The Morgan fingerprint density at radius 2 is 1.02 bits per heavy atom. The highest BCUT2D eigenvalue weighted by Crippen LogP contribution is 2.38. The van der Waals surface area contributed by atoms with Crippen molar-refractivity contribution in [3.63, 3.8) is 0 Å². The van der Waals surface area contributed by atoms with Crippen molar-refractivity contribution in [3.05, 3.63) is 41.5 Å². The van der Waals surface area contributed by atoms with Gasteiger partial charge in [-0.3, -0.25) is 4.79 Å². The molecular formula is C35H52O7. The van der Waals surface area contributed by atoms with E-state index in [2.05, 4.69) is 4.74 Å². The second kappa shape index (κ2) is 21.4. The van der Waals surface area contributed by atoms with E-state index in [0.29, 0.717) is 30.3 Å². The third-order valence-electron chi connectivity index (χ3n) is 7.35. The molecule has 42 heavy (non-hydrogen) atoms. The number of methoxy groups -OCH3 is 5. The zero-order valence-electron chi connectivity index (χ0n) is 26.5. The summed E-state index contributed by atoms with van der Waals surface area (Å²) >= 11 is 0. The first kappa shape index (κ1) is 34.8. The van der Waals surface area contributed by atoms with Gasteiger partial charge in [-0.05, 0) is 48.2 Å². The summed E-state index contributed by atoms with van der Waals surface area (Å²) < 4.78 is 32.6. The number of esters is 1. The van der Waals surface area contributed by atoms with Gasteiger partial charge in [0, 0.05) is 6.42 Å². The second-order valence-corrected chi connectivity index (χ2v) is 10.5. The molecule has 0 aromatic heterocycles. The molecule has 0 fully saturated rings. The van der Waals surface area contributed by atoms with Crippen molar-refractivity contribution < 1.29 is 33.2 Å². The van der Waals surface area contributed by atoms with Crippen LogP contribution in [0.25, 0.3) is 12.2 Å². The predicted octanol–water partition coefficient (Wildman–Crippen LogP) is 8.90. The van der Waals surface area contributed by atoms with Crippen molar-refractivity contribution >= 4 is 18.1 Å². The summed E-state index contributed by atoms with van der Waals surface area (Å²) in [5, 5.41) is 0. The highest BCUT2D eigenvalue weighted by atomic mass is 16.5. The first-order valence-corrected chi connectivity index (χ1v) is 15.4. The van der Waals surface area contributed by atoms with Crippen LogP contribution in [-0.2, 0) is 9.53 Å². The van der Waals surface area contributed by atoms with Gasteiger partial charge in [-0.15, -0.1) is 0 Å². The molecule has 0 unspecified atom stereocenters. The number of benzene rings is 2. The minimum absolute atomic E-state index is 0.0907. The molecule has 0 heterocycles. The Morgan fingerprint density at radius 3 is 1.52 bits per heavy atom. The standard InChI is InChI=1S/C35H52O7/c1-37-30-23-22-28(20-21-29-26-32(38-2)35(41-5)33(27-29)39-3)25-31(30)42-24-18-16-14-12-10-8-6-7-9-11-13-15-17-19-34(36)40-4/h20-23,25-27H,6-19,24H2,1-5H3/b21-20-. The van der Waals surface area contributed by atoms with Crippen molar-refractivity contribution in [2.45, 2.75) is 89.9 Å². The number of carbonyl (C=O) groups excluding carboxylic acids is 1. The molecule has 0 aliphatic rings. The molecule has 0 spiro atoms.